The molecule has 436 valence electrons. The van der Waals surface area contributed by atoms with Crippen molar-refractivity contribution in [2.75, 3.05) is 24.8 Å². The van der Waals surface area contributed by atoms with Gasteiger partial charge in [-0.1, -0.05) is 94.4 Å². The molecule has 8 fully saturated rings. The van der Waals surface area contributed by atoms with Gasteiger partial charge in [-0.15, -0.1) is 0 Å². The van der Waals surface area contributed by atoms with E-state index in [1.54, 1.807) is 30.4 Å². The SMILES string of the molecule is O=CC1CC2(CCC3(CCC(Cc4ccccc4)C3)C2)CC12CC1CC3CC4C5CCC67Oc8cccc9c8C(=O)C8(CSSCNC%10=CC(=C3CN%10)C1(C2)C4C(O)(C6O)C(O)C5(CO)O7)C(O)=CC(Cc1cccc(CO)c1)=CC8C9=O. The number of rotatable bonds is 7. The Bertz CT molecular complexity index is 3400. The van der Waals surface area contributed by atoms with E-state index in [0.29, 0.717) is 49.6 Å². The minimum absolute atomic E-state index is 0.00997. The van der Waals surface area contributed by atoms with Crippen molar-refractivity contribution in [1.82, 2.24) is 10.6 Å². The quantitative estimate of drug-likeness (QED) is 0.0819. The molecule has 0 radical (unpaired) electrons. The second kappa shape index (κ2) is 18.7. The summed E-state index contributed by atoms with van der Waals surface area (Å²) in [6.45, 7) is -0.243. The van der Waals surface area contributed by atoms with Crippen molar-refractivity contribution in [3.63, 3.8) is 0 Å². The molecule has 10 bridgehead atoms. The highest BCUT2D eigenvalue weighted by Gasteiger charge is 2.84. The first kappa shape index (κ1) is 53.7. The molecule has 0 aromatic heterocycles. The lowest BCUT2D eigenvalue weighted by atomic mass is 9.42. The Morgan fingerprint density at radius 3 is 2.46 bits per heavy atom. The summed E-state index contributed by atoms with van der Waals surface area (Å²) in [5.41, 5.74) is -0.648. The van der Waals surface area contributed by atoms with Gasteiger partial charge in [0, 0.05) is 41.5 Å². The Hall–Kier alpha value is -4.71. The fraction of sp³-hybridized carbons (Fsp3) is 0.574. The van der Waals surface area contributed by atoms with Crippen LogP contribution in [0.25, 0.3) is 0 Å². The molecule has 13 nitrogen and oxygen atoms in total. The Labute approximate surface area is 492 Å². The van der Waals surface area contributed by atoms with Crippen LogP contribution in [0.15, 0.2) is 119 Å². The molecule has 15 heteroatoms. The zero-order valence-electron chi connectivity index (χ0n) is 46.9. The van der Waals surface area contributed by atoms with Crippen LogP contribution in [0.1, 0.15) is 127 Å². The number of dihydropyridines is 1. The number of allylic oxidation sites excluding steroid dienone is 6. The van der Waals surface area contributed by atoms with E-state index in [2.05, 4.69) is 47.0 Å². The van der Waals surface area contributed by atoms with Gasteiger partial charge < -0.3 is 55.5 Å². The summed E-state index contributed by atoms with van der Waals surface area (Å²) in [6.07, 6.45) is 17.0. The molecule has 8 N–H and O–H groups in total. The fourth-order valence-corrected chi connectivity index (χ4v) is 24.4. The molecule has 6 spiro atoms. The van der Waals surface area contributed by atoms with Gasteiger partial charge in [0.15, 0.2) is 17.7 Å². The van der Waals surface area contributed by atoms with E-state index < -0.39 is 70.2 Å². The number of aliphatic hydroxyl groups is 6. The highest BCUT2D eigenvalue weighted by atomic mass is 33.1. The Morgan fingerprint density at radius 2 is 1.63 bits per heavy atom. The number of hydrogen-bond acceptors (Lipinski definition) is 15. The van der Waals surface area contributed by atoms with Gasteiger partial charge >= 0.3 is 0 Å². The molecular weight excluding hydrogens is 1080 g/mol. The molecule has 0 amide bonds. The average molecular weight is 1160 g/mol. The third-order valence-corrected chi connectivity index (χ3v) is 27.1. The molecule has 3 aromatic carbocycles. The number of nitrogens with one attached hydrogen (secondary N) is 2. The van der Waals surface area contributed by atoms with E-state index in [1.807, 2.05) is 24.3 Å². The highest BCUT2D eigenvalue weighted by molar-refractivity contribution is 8.76. The highest BCUT2D eigenvalue weighted by Crippen LogP contribution is 2.81. The molecule has 2 saturated heterocycles. The second-order valence-electron chi connectivity index (χ2n) is 28.7. The first-order valence-corrected chi connectivity index (χ1v) is 33.4. The third kappa shape index (κ3) is 7.28. The van der Waals surface area contributed by atoms with Crippen molar-refractivity contribution in [2.24, 2.45) is 74.4 Å². The van der Waals surface area contributed by atoms with Gasteiger partial charge in [0.05, 0.1) is 36.4 Å². The van der Waals surface area contributed by atoms with Gasteiger partial charge in [0.2, 0.25) is 5.79 Å². The molecule has 18 atom stereocenters. The van der Waals surface area contributed by atoms with Crippen LogP contribution in [-0.4, -0.2) is 102 Å². The molecule has 14 aliphatic rings. The molecule has 83 heavy (non-hydrogen) atoms. The fourth-order valence-electron chi connectivity index (χ4n) is 22.2. The molecule has 17 rings (SSSR count). The number of aliphatic hydroxyl groups excluding tert-OH is 5. The summed E-state index contributed by atoms with van der Waals surface area (Å²) in [4.78, 5) is 45.4. The topological polar surface area (TPSA) is 215 Å². The maximum atomic E-state index is 15.9. The number of aldehydes is 1. The van der Waals surface area contributed by atoms with Crippen molar-refractivity contribution in [1.29, 1.82) is 0 Å². The van der Waals surface area contributed by atoms with Crippen LogP contribution in [0.3, 0.4) is 0 Å². The first-order valence-electron chi connectivity index (χ1n) is 30.9. The van der Waals surface area contributed by atoms with E-state index in [-0.39, 0.29) is 87.1 Å². The lowest BCUT2D eigenvalue weighted by Crippen LogP contribution is -2.88. The van der Waals surface area contributed by atoms with Crippen molar-refractivity contribution in [2.45, 2.75) is 139 Å². The number of hydrogen-bond donors (Lipinski definition) is 8. The van der Waals surface area contributed by atoms with Gasteiger partial charge in [-0.25, -0.2) is 0 Å². The maximum Gasteiger partial charge on any atom is 0.240 e. The normalized spacial score (nSPS) is 44.9. The Morgan fingerprint density at radius 1 is 0.807 bits per heavy atom. The van der Waals surface area contributed by atoms with Crippen molar-refractivity contribution in [3.8, 4) is 5.75 Å². The molecule has 4 heterocycles. The van der Waals surface area contributed by atoms with E-state index in [4.69, 9.17) is 9.47 Å². The number of benzene rings is 3. The molecule has 6 saturated carbocycles. The van der Waals surface area contributed by atoms with Gasteiger partial charge in [-0.05, 0) is 194 Å². The largest absolute Gasteiger partial charge is 0.511 e. The molecular formula is C68H76N2O11S2. The summed E-state index contributed by atoms with van der Waals surface area (Å²) in [5, 5.41) is 83.5. The lowest BCUT2D eigenvalue weighted by Gasteiger charge is -2.72. The summed E-state index contributed by atoms with van der Waals surface area (Å²) in [7, 11) is 2.88. The maximum absolute atomic E-state index is 15.9. The molecule has 18 unspecified atom stereocenters. The van der Waals surface area contributed by atoms with Gasteiger partial charge in [-0.3, -0.25) is 9.59 Å². The van der Waals surface area contributed by atoms with Gasteiger partial charge in [-0.2, -0.15) is 0 Å². The predicted molar refractivity (Wildman–Crippen MR) is 313 cm³/mol. The third-order valence-electron chi connectivity index (χ3n) is 24.9. The van der Waals surface area contributed by atoms with Crippen LogP contribution in [-0.2, 0) is 29.0 Å². The number of carbonyl (C=O) groups excluding carboxylic acids is 3. The molecule has 4 aliphatic heterocycles. The van der Waals surface area contributed by atoms with Crippen LogP contribution in [0.5, 0.6) is 5.75 Å². The predicted octanol–water partition coefficient (Wildman–Crippen LogP) is 9.03. The lowest BCUT2D eigenvalue weighted by molar-refractivity contribution is -0.461. The minimum atomic E-state index is -2.33. The average Bonchev–Trinajstić information content (AvgIpc) is 1.70. The van der Waals surface area contributed by atoms with Crippen molar-refractivity contribution in [3.05, 3.63) is 147 Å². The Balaban J connectivity index is 0.811. The van der Waals surface area contributed by atoms with E-state index in [9.17, 15) is 35.4 Å². The molecule has 3 aromatic rings. The van der Waals surface area contributed by atoms with Crippen LogP contribution >= 0.6 is 21.6 Å². The number of Topliss-reactive ketones (excluding diaryl/α,β-unsaturated/α-hetero) is 2. The van der Waals surface area contributed by atoms with E-state index >= 15 is 9.59 Å². The van der Waals surface area contributed by atoms with Crippen LogP contribution in [0.2, 0.25) is 0 Å². The minimum Gasteiger partial charge on any atom is -0.511 e. The summed E-state index contributed by atoms with van der Waals surface area (Å²) in [5.74, 6) is -4.15. The zero-order valence-corrected chi connectivity index (χ0v) is 48.5. The summed E-state index contributed by atoms with van der Waals surface area (Å²) < 4.78 is 14.3. The van der Waals surface area contributed by atoms with Gasteiger partial charge in [0.25, 0.3) is 0 Å². The number of ether oxygens (including phenoxy) is 2. The monoisotopic (exact) mass is 1160 g/mol. The number of carbonyl (C=O) groups is 3. The summed E-state index contributed by atoms with van der Waals surface area (Å²) in [6, 6.07) is 23.2. The second-order valence-corrected chi connectivity index (χ2v) is 31.1. The van der Waals surface area contributed by atoms with E-state index in [1.165, 1.54) is 64.7 Å². The standard InChI is InChI=1S/C68H76N2O11S2/c71-30-41-9-4-8-39(19-41)20-42-21-51-56(75)46-10-5-11-52-55(46)58(76)65(51,53(74)22-42)36-82-83-37-70-54-25-50-48(29-69-54)43-23-44-28-63(33-62(27-45(63)31-72)17-16-61(32-62)14-12-40(26-61)18-38-6-2-1-3-7-38)34-64(44,50)57-47(24-43)49-13-15-67(80-52)60(78)68(57,79)59(77)66(49,35-73)81-67/h1-11,19,21-22,25,31,40,43-45,47,49,51,57,59-60,69-71,73-74,77-79H,12-18,20,23-24,26-30,32-37H2. The van der Waals surface area contributed by atoms with Crippen LogP contribution in [0.4, 0.5) is 0 Å². The Kier molecular flexibility index (Phi) is 12.1. The number of ketones is 2. The summed E-state index contributed by atoms with van der Waals surface area (Å²) >= 11 is 0. The zero-order chi connectivity index (χ0) is 56.7. The van der Waals surface area contributed by atoms with Crippen LogP contribution in [0, 0.1) is 74.4 Å². The molecule has 10 aliphatic carbocycles. The van der Waals surface area contributed by atoms with Crippen molar-refractivity contribution >= 4 is 39.4 Å². The van der Waals surface area contributed by atoms with Gasteiger partial charge in [0.1, 0.15) is 40.5 Å². The van der Waals surface area contributed by atoms with E-state index in [0.717, 1.165) is 67.5 Å². The van der Waals surface area contributed by atoms with Crippen molar-refractivity contribution < 1.29 is 54.5 Å². The first-order chi connectivity index (χ1) is 40.1. The smallest absolute Gasteiger partial charge is 0.240 e. The van der Waals surface area contributed by atoms with Crippen LogP contribution < -0.4 is 15.4 Å².